The Bertz CT molecular complexity index is 348. The number of nitrogens with zero attached hydrogens (tertiary/aromatic N) is 2. The molecule has 3 nitrogen and oxygen atoms in total. The Morgan fingerprint density at radius 2 is 2.41 bits per heavy atom. The molecule has 17 heavy (non-hydrogen) atoms. The number of piperazine rings is 1. The predicted molar refractivity (Wildman–Crippen MR) is 71.1 cm³/mol. The molecule has 0 spiro atoms. The summed E-state index contributed by atoms with van der Waals surface area (Å²) in [6.45, 7) is 5.69. The van der Waals surface area contributed by atoms with Crippen molar-refractivity contribution in [1.29, 1.82) is 0 Å². The SMILES string of the molecule is CCC1CNC(C2CC2)CN1Cc1cscn1. The van der Waals surface area contributed by atoms with Crippen molar-refractivity contribution in [2.45, 2.75) is 44.8 Å². The normalized spacial score (nSPS) is 30.6. The van der Waals surface area contributed by atoms with Gasteiger partial charge in [-0.1, -0.05) is 6.92 Å². The molecule has 2 fully saturated rings. The standard InChI is InChI=1S/C13H21N3S/c1-2-12-5-14-13(10-3-4-10)7-16(12)6-11-8-17-9-15-11/h8-10,12-14H,2-7H2,1H3. The maximum absolute atomic E-state index is 4.42. The van der Waals surface area contributed by atoms with E-state index in [-0.39, 0.29) is 0 Å². The Hall–Kier alpha value is -0.450. The number of rotatable bonds is 4. The highest BCUT2D eigenvalue weighted by atomic mass is 32.1. The minimum absolute atomic E-state index is 0.687. The fraction of sp³-hybridized carbons (Fsp3) is 0.769. The van der Waals surface area contributed by atoms with Crippen LogP contribution in [0.5, 0.6) is 0 Å². The third-order valence-corrected chi connectivity index (χ3v) is 4.71. The Morgan fingerprint density at radius 1 is 1.53 bits per heavy atom. The minimum atomic E-state index is 0.687. The summed E-state index contributed by atoms with van der Waals surface area (Å²) in [7, 11) is 0. The van der Waals surface area contributed by atoms with Crippen molar-refractivity contribution in [2.75, 3.05) is 13.1 Å². The number of hydrogen-bond acceptors (Lipinski definition) is 4. The maximum Gasteiger partial charge on any atom is 0.0795 e. The summed E-state index contributed by atoms with van der Waals surface area (Å²) in [5.41, 5.74) is 3.18. The van der Waals surface area contributed by atoms with Crippen molar-refractivity contribution < 1.29 is 0 Å². The van der Waals surface area contributed by atoms with Crippen LogP contribution >= 0.6 is 11.3 Å². The molecule has 1 aromatic rings. The highest BCUT2D eigenvalue weighted by Gasteiger charge is 2.36. The maximum atomic E-state index is 4.42. The smallest absolute Gasteiger partial charge is 0.0795 e. The lowest BCUT2D eigenvalue weighted by Gasteiger charge is -2.40. The molecule has 3 rings (SSSR count). The molecular weight excluding hydrogens is 230 g/mol. The van der Waals surface area contributed by atoms with E-state index in [1.165, 1.54) is 31.5 Å². The molecule has 1 N–H and O–H groups in total. The monoisotopic (exact) mass is 251 g/mol. The fourth-order valence-corrected chi connectivity index (χ4v) is 3.37. The molecular formula is C13H21N3S. The van der Waals surface area contributed by atoms with Crippen LogP contribution in [-0.2, 0) is 6.54 Å². The molecule has 94 valence electrons. The first-order chi connectivity index (χ1) is 8.36. The van der Waals surface area contributed by atoms with Crippen LogP contribution < -0.4 is 5.32 Å². The van der Waals surface area contributed by atoms with Crippen molar-refractivity contribution in [3.63, 3.8) is 0 Å². The molecule has 1 aliphatic carbocycles. The zero-order valence-corrected chi connectivity index (χ0v) is 11.2. The van der Waals surface area contributed by atoms with E-state index in [4.69, 9.17) is 0 Å². The topological polar surface area (TPSA) is 28.2 Å². The van der Waals surface area contributed by atoms with Crippen molar-refractivity contribution in [2.24, 2.45) is 5.92 Å². The Labute approximate surface area is 107 Å². The van der Waals surface area contributed by atoms with Gasteiger partial charge in [0.2, 0.25) is 0 Å². The van der Waals surface area contributed by atoms with Gasteiger partial charge in [0, 0.05) is 37.1 Å². The van der Waals surface area contributed by atoms with E-state index in [1.54, 1.807) is 11.3 Å². The number of thiazole rings is 1. The summed E-state index contributed by atoms with van der Waals surface area (Å²) < 4.78 is 0. The molecule has 0 aromatic carbocycles. The summed E-state index contributed by atoms with van der Waals surface area (Å²) in [6.07, 6.45) is 4.09. The number of aromatic nitrogens is 1. The van der Waals surface area contributed by atoms with Crippen LogP contribution in [0, 0.1) is 5.92 Å². The van der Waals surface area contributed by atoms with Crippen LogP contribution in [0.3, 0.4) is 0 Å². The largest absolute Gasteiger partial charge is 0.311 e. The highest BCUT2D eigenvalue weighted by Crippen LogP contribution is 2.34. The second-order valence-electron chi connectivity index (χ2n) is 5.32. The van der Waals surface area contributed by atoms with Gasteiger partial charge < -0.3 is 5.32 Å². The summed E-state index contributed by atoms with van der Waals surface area (Å²) in [4.78, 5) is 7.05. The van der Waals surface area contributed by atoms with Gasteiger partial charge in [0.15, 0.2) is 0 Å². The Kier molecular flexibility index (Phi) is 3.45. The summed E-state index contributed by atoms with van der Waals surface area (Å²) in [6, 6.07) is 1.42. The van der Waals surface area contributed by atoms with Gasteiger partial charge in [-0.15, -0.1) is 11.3 Å². The van der Waals surface area contributed by atoms with Gasteiger partial charge in [-0.2, -0.15) is 0 Å². The van der Waals surface area contributed by atoms with Crippen molar-refractivity contribution in [3.8, 4) is 0 Å². The third-order valence-electron chi connectivity index (χ3n) is 4.07. The van der Waals surface area contributed by atoms with Gasteiger partial charge in [0.05, 0.1) is 11.2 Å². The van der Waals surface area contributed by atoms with Crippen LogP contribution in [0.15, 0.2) is 10.9 Å². The summed E-state index contributed by atoms with van der Waals surface area (Å²) in [5, 5.41) is 5.91. The first-order valence-electron chi connectivity index (χ1n) is 6.71. The van der Waals surface area contributed by atoms with Crippen molar-refractivity contribution in [1.82, 2.24) is 15.2 Å². The first kappa shape index (κ1) is 11.6. The van der Waals surface area contributed by atoms with Crippen LogP contribution in [0.1, 0.15) is 31.9 Å². The van der Waals surface area contributed by atoms with Gasteiger partial charge in [-0.3, -0.25) is 4.90 Å². The van der Waals surface area contributed by atoms with Gasteiger partial charge in [-0.05, 0) is 25.2 Å². The number of nitrogens with one attached hydrogen (secondary N) is 1. The highest BCUT2D eigenvalue weighted by molar-refractivity contribution is 7.07. The molecule has 1 saturated heterocycles. The van der Waals surface area contributed by atoms with Crippen molar-refractivity contribution in [3.05, 3.63) is 16.6 Å². The third kappa shape index (κ3) is 2.69. The van der Waals surface area contributed by atoms with E-state index in [0.29, 0.717) is 6.04 Å². The molecule has 2 unspecified atom stereocenters. The Morgan fingerprint density at radius 3 is 3.06 bits per heavy atom. The molecule has 1 aromatic heterocycles. The molecule has 2 atom stereocenters. The average molecular weight is 251 g/mol. The summed E-state index contributed by atoms with van der Waals surface area (Å²) in [5.74, 6) is 0.950. The summed E-state index contributed by atoms with van der Waals surface area (Å²) >= 11 is 1.70. The lowest BCUT2D eigenvalue weighted by atomic mass is 10.0. The average Bonchev–Trinajstić information content (AvgIpc) is 3.09. The van der Waals surface area contributed by atoms with E-state index in [2.05, 4.69) is 27.5 Å². The zero-order chi connectivity index (χ0) is 11.7. The predicted octanol–water partition coefficient (Wildman–Crippen LogP) is 2.11. The first-order valence-corrected chi connectivity index (χ1v) is 7.65. The van der Waals surface area contributed by atoms with E-state index < -0.39 is 0 Å². The minimum Gasteiger partial charge on any atom is -0.311 e. The van der Waals surface area contributed by atoms with Crippen LogP contribution in [0.4, 0.5) is 0 Å². The molecule has 0 amide bonds. The van der Waals surface area contributed by atoms with Gasteiger partial charge in [-0.25, -0.2) is 4.98 Å². The van der Waals surface area contributed by atoms with Crippen LogP contribution in [-0.4, -0.2) is 35.1 Å². The lowest BCUT2D eigenvalue weighted by Crippen LogP contribution is -2.56. The van der Waals surface area contributed by atoms with Crippen molar-refractivity contribution >= 4 is 11.3 Å². The number of hydrogen-bond donors (Lipinski definition) is 1. The van der Waals surface area contributed by atoms with E-state index >= 15 is 0 Å². The molecule has 1 saturated carbocycles. The van der Waals surface area contributed by atoms with Gasteiger partial charge >= 0.3 is 0 Å². The fourth-order valence-electron chi connectivity index (χ4n) is 2.82. The molecule has 0 radical (unpaired) electrons. The second-order valence-corrected chi connectivity index (χ2v) is 6.04. The molecule has 2 heterocycles. The lowest BCUT2D eigenvalue weighted by molar-refractivity contribution is 0.110. The zero-order valence-electron chi connectivity index (χ0n) is 10.4. The molecule has 1 aliphatic heterocycles. The second kappa shape index (κ2) is 5.04. The van der Waals surface area contributed by atoms with Gasteiger partial charge in [0.1, 0.15) is 0 Å². The molecule has 4 heteroatoms. The van der Waals surface area contributed by atoms with E-state index in [9.17, 15) is 0 Å². The molecule has 2 aliphatic rings. The van der Waals surface area contributed by atoms with Crippen LogP contribution in [0.25, 0.3) is 0 Å². The van der Waals surface area contributed by atoms with E-state index in [1.807, 2.05) is 5.51 Å². The van der Waals surface area contributed by atoms with E-state index in [0.717, 1.165) is 25.0 Å². The van der Waals surface area contributed by atoms with Gasteiger partial charge in [0.25, 0.3) is 0 Å². The van der Waals surface area contributed by atoms with Crippen LogP contribution in [0.2, 0.25) is 0 Å². The molecule has 0 bridgehead atoms. The Balaban J connectivity index is 1.64. The quantitative estimate of drug-likeness (QED) is 0.888.